The number of likely N-dealkylation sites (N-methyl/N-ethyl adjacent to an activating group) is 1. The Morgan fingerprint density at radius 2 is 1.74 bits per heavy atom. The molecule has 2 N–H and O–H groups in total. The quantitative estimate of drug-likeness (QED) is 0.673. The number of anilines is 1. The van der Waals surface area contributed by atoms with Crippen LogP contribution in [0.5, 0.6) is 11.5 Å². The van der Waals surface area contributed by atoms with Crippen LogP contribution in [0.15, 0.2) is 30.3 Å². The first kappa shape index (κ1) is 18.9. The van der Waals surface area contributed by atoms with Crippen LogP contribution in [0.2, 0.25) is 0 Å². The summed E-state index contributed by atoms with van der Waals surface area (Å²) in [5, 5.41) is 18.6. The van der Waals surface area contributed by atoms with Crippen molar-refractivity contribution >= 4 is 17.3 Å². The first-order valence-electron chi connectivity index (χ1n) is 8.40. The Morgan fingerprint density at radius 3 is 2.37 bits per heavy atom. The second-order valence-corrected chi connectivity index (χ2v) is 6.36. The van der Waals surface area contributed by atoms with Crippen molar-refractivity contribution in [1.29, 1.82) is 0 Å². The zero-order valence-electron chi connectivity index (χ0n) is 15.4. The topological polar surface area (TPSA) is 96.3 Å². The van der Waals surface area contributed by atoms with Gasteiger partial charge in [-0.2, -0.15) is 0 Å². The number of rotatable bonds is 6. The van der Waals surface area contributed by atoms with Crippen LogP contribution in [-0.2, 0) is 0 Å². The molecule has 0 bridgehead atoms. The fourth-order valence-electron chi connectivity index (χ4n) is 3.20. The molecule has 0 saturated heterocycles. The van der Waals surface area contributed by atoms with E-state index in [1.54, 1.807) is 36.2 Å². The Morgan fingerprint density at radius 1 is 1.00 bits per heavy atom. The maximum Gasteiger partial charge on any atom is 0.198 e. The lowest BCUT2D eigenvalue weighted by Gasteiger charge is -2.25. The van der Waals surface area contributed by atoms with E-state index in [1.165, 1.54) is 20.3 Å². The molecule has 3 rings (SSSR count). The zero-order chi connectivity index (χ0) is 19.7. The predicted octanol–water partition coefficient (Wildman–Crippen LogP) is 1.27. The number of ketones is 2. The number of aliphatic hydroxyl groups is 2. The minimum absolute atomic E-state index is 0.190. The maximum atomic E-state index is 13.1. The molecule has 0 aromatic heterocycles. The number of aliphatic hydroxyl groups excluding tert-OH is 2. The van der Waals surface area contributed by atoms with E-state index < -0.39 is 6.10 Å². The van der Waals surface area contributed by atoms with Crippen LogP contribution in [-0.4, -0.2) is 62.3 Å². The van der Waals surface area contributed by atoms with Gasteiger partial charge in [-0.15, -0.1) is 0 Å². The molecule has 0 radical (unpaired) electrons. The van der Waals surface area contributed by atoms with E-state index >= 15 is 0 Å². The van der Waals surface area contributed by atoms with E-state index in [2.05, 4.69) is 0 Å². The van der Waals surface area contributed by atoms with Crippen LogP contribution in [0, 0.1) is 0 Å². The summed E-state index contributed by atoms with van der Waals surface area (Å²) in [6, 6.07) is 8.03. The van der Waals surface area contributed by atoms with E-state index in [4.69, 9.17) is 14.6 Å². The molecule has 1 unspecified atom stereocenters. The number of carbonyl (C=O) groups is 2. The lowest BCUT2D eigenvalue weighted by molar-refractivity contribution is 0.0976. The Balaban J connectivity index is 2.08. The summed E-state index contributed by atoms with van der Waals surface area (Å²) in [5.74, 6) is 0.133. The fraction of sp³-hybridized carbons (Fsp3) is 0.300. The number of hydrogen-bond acceptors (Lipinski definition) is 7. The van der Waals surface area contributed by atoms with E-state index in [9.17, 15) is 14.7 Å². The van der Waals surface area contributed by atoms with Crippen LogP contribution in [0.3, 0.4) is 0 Å². The molecule has 27 heavy (non-hydrogen) atoms. The molecule has 0 aliphatic heterocycles. The number of ether oxygens (including phenoxy) is 2. The largest absolute Gasteiger partial charge is 0.497 e. The third-order valence-electron chi connectivity index (χ3n) is 4.63. The average molecular weight is 371 g/mol. The van der Waals surface area contributed by atoms with Crippen molar-refractivity contribution < 1.29 is 29.3 Å². The Bertz CT molecular complexity index is 908. The Hall–Kier alpha value is -2.90. The second-order valence-electron chi connectivity index (χ2n) is 6.36. The molecule has 0 fully saturated rings. The highest BCUT2D eigenvalue weighted by atomic mass is 16.5. The minimum Gasteiger partial charge on any atom is -0.497 e. The van der Waals surface area contributed by atoms with Crippen LogP contribution in [0.25, 0.3) is 0 Å². The molecule has 142 valence electrons. The smallest absolute Gasteiger partial charge is 0.198 e. The van der Waals surface area contributed by atoms with Crippen molar-refractivity contribution in [2.24, 2.45) is 0 Å². The van der Waals surface area contributed by atoms with Crippen LogP contribution >= 0.6 is 0 Å². The van der Waals surface area contributed by atoms with Gasteiger partial charge in [-0.3, -0.25) is 9.59 Å². The second kappa shape index (κ2) is 7.38. The van der Waals surface area contributed by atoms with Crippen LogP contribution in [0.1, 0.15) is 31.8 Å². The number of fused-ring (bicyclic) bond motifs is 2. The highest BCUT2D eigenvalue weighted by molar-refractivity contribution is 6.29. The van der Waals surface area contributed by atoms with E-state index in [1.807, 2.05) is 0 Å². The summed E-state index contributed by atoms with van der Waals surface area (Å²) < 4.78 is 10.5. The molecule has 0 saturated carbocycles. The van der Waals surface area contributed by atoms with Gasteiger partial charge in [-0.25, -0.2) is 0 Å². The maximum absolute atomic E-state index is 13.1. The van der Waals surface area contributed by atoms with Gasteiger partial charge in [0.15, 0.2) is 11.6 Å². The zero-order valence-corrected chi connectivity index (χ0v) is 15.4. The minimum atomic E-state index is -0.905. The molecular formula is C20H21NO6. The molecule has 7 nitrogen and oxygen atoms in total. The lowest BCUT2D eigenvalue weighted by Crippen LogP contribution is -2.31. The van der Waals surface area contributed by atoms with Crippen molar-refractivity contribution in [1.82, 2.24) is 0 Å². The van der Waals surface area contributed by atoms with Crippen LogP contribution < -0.4 is 14.4 Å². The monoisotopic (exact) mass is 371 g/mol. The molecule has 1 aliphatic rings. The molecule has 1 atom stereocenters. The summed E-state index contributed by atoms with van der Waals surface area (Å²) in [5.41, 5.74) is 1.70. The van der Waals surface area contributed by atoms with Gasteiger partial charge in [-0.1, -0.05) is 0 Å². The normalized spacial score (nSPS) is 13.7. The van der Waals surface area contributed by atoms with Gasteiger partial charge in [0, 0.05) is 42.0 Å². The first-order valence-corrected chi connectivity index (χ1v) is 8.40. The summed E-state index contributed by atoms with van der Waals surface area (Å²) in [4.78, 5) is 27.8. The highest BCUT2D eigenvalue weighted by Crippen LogP contribution is 2.37. The Labute approximate surface area is 156 Å². The highest BCUT2D eigenvalue weighted by Gasteiger charge is 2.33. The van der Waals surface area contributed by atoms with Gasteiger partial charge in [0.1, 0.15) is 11.5 Å². The Kier molecular flexibility index (Phi) is 5.16. The average Bonchev–Trinajstić information content (AvgIpc) is 2.70. The van der Waals surface area contributed by atoms with Gasteiger partial charge in [-0.05, 0) is 24.3 Å². The van der Waals surface area contributed by atoms with Gasteiger partial charge in [0.05, 0.1) is 32.5 Å². The lowest BCUT2D eigenvalue weighted by atomic mass is 9.83. The van der Waals surface area contributed by atoms with Crippen molar-refractivity contribution in [3.05, 3.63) is 52.6 Å². The third kappa shape index (κ3) is 3.27. The van der Waals surface area contributed by atoms with Crippen molar-refractivity contribution in [2.75, 3.05) is 39.3 Å². The molecule has 0 heterocycles. The molecular weight excluding hydrogens is 350 g/mol. The summed E-state index contributed by atoms with van der Waals surface area (Å²) in [7, 11) is 4.65. The van der Waals surface area contributed by atoms with Gasteiger partial charge < -0.3 is 24.6 Å². The first-order chi connectivity index (χ1) is 12.9. The summed E-state index contributed by atoms with van der Waals surface area (Å²) in [6.07, 6.45) is -0.905. The molecule has 0 amide bonds. The fourth-order valence-corrected chi connectivity index (χ4v) is 3.20. The third-order valence-corrected chi connectivity index (χ3v) is 4.63. The van der Waals surface area contributed by atoms with Crippen molar-refractivity contribution in [3.63, 3.8) is 0 Å². The number of methoxy groups -OCH3 is 2. The van der Waals surface area contributed by atoms with E-state index in [0.29, 0.717) is 22.7 Å². The van der Waals surface area contributed by atoms with E-state index in [-0.39, 0.29) is 41.4 Å². The number of nitrogens with zero attached hydrogens (tertiary/aromatic N) is 1. The number of benzene rings is 2. The predicted molar refractivity (Wildman–Crippen MR) is 99.2 cm³/mol. The SMILES string of the molecule is COc1cc(OC)c2c(c1)C(=O)c1cc(N(C)CC(O)CO)ccc1C2=O. The summed E-state index contributed by atoms with van der Waals surface area (Å²) >= 11 is 0. The van der Waals surface area contributed by atoms with Crippen LogP contribution in [0.4, 0.5) is 5.69 Å². The van der Waals surface area contributed by atoms with Gasteiger partial charge >= 0.3 is 0 Å². The molecule has 2 aromatic rings. The number of hydrogen-bond donors (Lipinski definition) is 2. The molecule has 0 spiro atoms. The van der Waals surface area contributed by atoms with Crippen molar-refractivity contribution in [2.45, 2.75) is 6.10 Å². The van der Waals surface area contributed by atoms with Gasteiger partial charge in [0.2, 0.25) is 0 Å². The standard InChI is InChI=1S/C20H21NO6/c1-21(9-12(23)10-22)11-4-5-14-15(6-11)19(24)16-7-13(26-2)8-17(27-3)18(16)20(14)25/h4-8,12,22-23H,9-10H2,1-3H3. The molecule has 7 heteroatoms. The molecule has 1 aliphatic carbocycles. The summed E-state index contributed by atoms with van der Waals surface area (Å²) in [6.45, 7) is -0.171. The number of carbonyl (C=O) groups excluding carboxylic acids is 2. The molecule has 2 aromatic carbocycles. The van der Waals surface area contributed by atoms with E-state index in [0.717, 1.165) is 0 Å². The van der Waals surface area contributed by atoms with Gasteiger partial charge in [0.25, 0.3) is 0 Å². The van der Waals surface area contributed by atoms with Crippen molar-refractivity contribution in [3.8, 4) is 11.5 Å².